The number of carbonyl (C=O) groups excluding carboxylic acids is 1. The van der Waals surface area contributed by atoms with E-state index in [0.717, 1.165) is 5.56 Å². The van der Waals surface area contributed by atoms with E-state index in [2.05, 4.69) is 6.58 Å². The van der Waals surface area contributed by atoms with Crippen LogP contribution in [0.4, 0.5) is 4.39 Å². The summed E-state index contributed by atoms with van der Waals surface area (Å²) in [4.78, 5) is 12.7. The van der Waals surface area contributed by atoms with Crippen molar-refractivity contribution < 1.29 is 13.9 Å². The second-order valence-corrected chi connectivity index (χ2v) is 7.76. The van der Waals surface area contributed by atoms with Crippen molar-refractivity contribution in [2.75, 3.05) is 0 Å². The molecular weight excluding hydrogens is 374 g/mol. The predicted octanol–water partition coefficient (Wildman–Crippen LogP) is 6.49. The minimum absolute atomic E-state index is 0.0340. The minimum atomic E-state index is -0.684. The molecule has 2 nitrogen and oxygen atoms in total. The van der Waals surface area contributed by atoms with Crippen molar-refractivity contribution in [1.82, 2.24) is 0 Å². The van der Waals surface area contributed by atoms with Crippen LogP contribution in [0.2, 0.25) is 10.0 Å². The van der Waals surface area contributed by atoms with Crippen LogP contribution < -0.4 is 0 Å². The molecule has 0 aliphatic carbocycles. The van der Waals surface area contributed by atoms with Crippen molar-refractivity contribution in [3.05, 3.63) is 82.1 Å². The molecule has 0 aromatic heterocycles. The molecule has 26 heavy (non-hydrogen) atoms. The Morgan fingerprint density at radius 2 is 2.04 bits per heavy atom. The number of halogens is 3. The van der Waals surface area contributed by atoms with E-state index < -0.39 is 17.3 Å². The maximum atomic E-state index is 14.0. The molecule has 1 heterocycles. The lowest BCUT2D eigenvalue weighted by Crippen LogP contribution is -2.39. The Labute approximate surface area is 162 Å². The number of rotatable bonds is 4. The Balaban J connectivity index is 2.06. The zero-order valence-electron chi connectivity index (χ0n) is 14.3. The monoisotopic (exact) mass is 392 g/mol. The van der Waals surface area contributed by atoms with E-state index in [1.54, 1.807) is 18.2 Å². The highest BCUT2D eigenvalue weighted by Crippen LogP contribution is 2.49. The lowest BCUT2D eigenvalue weighted by molar-refractivity contribution is -0.171. The zero-order valence-corrected chi connectivity index (χ0v) is 15.9. The van der Waals surface area contributed by atoms with E-state index in [0.29, 0.717) is 23.4 Å². The summed E-state index contributed by atoms with van der Waals surface area (Å²) in [7, 11) is 0. The molecule has 0 spiro atoms. The van der Waals surface area contributed by atoms with Gasteiger partial charge in [-0.3, -0.25) is 4.79 Å². The number of cyclic esters (lactones) is 1. The van der Waals surface area contributed by atoms with Crippen molar-refractivity contribution in [2.24, 2.45) is 5.41 Å². The van der Waals surface area contributed by atoms with Crippen LogP contribution in [0.1, 0.15) is 42.9 Å². The topological polar surface area (TPSA) is 26.3 Å². The molecule has 0 saturated carbocycles. The van der Waals surface area contributed by atoms with Gasteiger partial charge >= 0.3 is 5.97 Å². The highest BCUT2D eigenvalue weighted by molar-refractivity contribution is 6.31. The number of carbonyl (C=O) groups is 1. The van der Waals surface area contributed by atoms with Gasteiger partial charge in [0.15, 0.2) is 0 Å². The van der Waals surface area contributed by atoms with Crippen molar-refractivity contribution in [1.29, 1.82) is 0 Å². The summed E-state index contributed by atoms with van der Waals surface area (Å²) in [6, 6.07) is 12.0. The number of esters is 1. The molecule has 1 saturated heterocycles. The maximum absolute atomic E-state index is 14.0. The Hall–Kier alpha value is -1.84. The molecule has 0 N–H and O–H groups in total. The SMILES string of the molecule is C=CC[C@@]1(C)C[C@H](c2cccc(Cl)c2)C(c2ccc(Cl)c(F)c2)OC1=O. The quantitative estimate of drug-likeness (QED) is 0.439. The molecule has 136 valence electrons. The fourth-order valence-electron chi connectivity index (χ4n) is 3.52. The smallest absolute Gasteiger partial charge is 0.312 e. The van der Waals surface area contributed by atoms with Gasteiger partial charge in [-0.25, -0.2) is 4.39 Å². The first-order valence-corrected chi connectivity index (χ1v) is 9.12. The number of allylic oxidation sites excluding steroid dienone is 1. The Morgan fingerprint density at radius 1 is 1.27 bits per heavy atom. The molecule has 1 unspecified atom stereocenters. The van der Waals surface area contributed by atoms with Gasteiger partial charge in [-0.1, -0.05) is 47.5 Å². The molecule has 1 fully saturated rings. The summed E-state index contributed by atoms with van der Waals surface area (Å²) in [5.74, 6) is -1.00. The maximum Gasteiger partial charge on any atom is 0.312 e. The van der Waals surface area contributed by atoms with Gasteiger partial charge in [-0.15, -0.1) is 6.58 Å². The van der Waals surface area contributed by atoms with Crippen LogP contribution in [0, 0.1) is 11.2 Å². The molecule has 0 amide bonds. The second-order valence-electron chi connectivity index (χ2n) is 6.92. The van der Waals surface area contributed by atoms with Gasteiger partial charge in [0.05, 0.1) is 10.4 Å². The van der Waals surface area contributed by atoms with Gasteiger partial charge in [0.2, 0.25) is 0 Å². The molecule has 3 atom stereocenters. The molecule has 0 bridgehead atoms. The Morgan fingerprint density at radius 3 is 2.69 bits per heavy atom. The van der Waals surface area contributed by atoms with Crippen LogP contribution in [0.15, 0.2) is 55.1 Å². The lowest BCUT2D eigenvalue weighted by Gasteiger charge is -2.41. The minimum Gasteiger partial charge on any atom is -0.456 e. The summed E-state index contributed by atoms with van der Waals surface area (Å²) < 4.78 is 19.8. The third-order valence-corrected chi connectivity index (χ3v) is 5.45. The van der Waals surface area contributed by atoms with Crippen LogP contribution >= 0.6 is 23.2 Å². The normalized spacial score (nSPS) is 25.6. The predicted molar refractivity (Wildman–Crippen MR) is 102 cm³/mol. The van der Waals surface area contributed by atoms with Gasteiger partial charge in [0, 0.05) is 10.9 Å². The van der Waals surface area contributed by atoms with Crippen LogP contribution in [-0.2, 0) is 9.53 Å². The number of hydrogen-bond donors (Lipinski definition) is 0. The van der Waals surface area contributed by atoms with Crippen molar-refractivity contribution >= 4 is 29.2 Å². The highest BCUT2D eigenvalue weighted by atomic mass is 35.5. The summed E-state index contributed by atoms with van der Waals surface area (Å²) in [6.07, 6.45) is 2.17. The summed E-state index contributed by atoms with van der Waals surface area (Å²) in [5.41, 5.74) is 0.836. The van der Waals surface area contributed by atoms with E-state index in [1.807, 2.05) is 25.1 Å². The standard InChI is InChI=1S/C21H19Cl2FO2/c1-3-9-21(2)12-16(13-5-4-6-15(22)10-13)19(26-20(21)25)14-7-8-17(23)18(24)11-14/h3-8,10-11,16,19H,1,9,12H2,2H3/t16-,19?,21+/m1/s1. The fraction of sp³-hybridized carbons (Fsp3) is 0.286. The first-order valence-electron chi connectivity index (χ1n) is 8.36. The van der Waals surface area contributed by atoms with Crippen LogP contribution in [0.5, 0.6) is 0 Å². The fourth-order valence-corrected chi connectivity index (χ4v) is 3.84. The number of ether oxygens (including phenoxy) is 1. The second kappa shape index (κ2) is 7.42. The molecule has 1 aliphatic rings. The Bertz CT molecular complexity index is 852. The van der Waals surface area contributed by atoms with Gasteiger partial charge in [0.25, 0.3) is 0 Å². The van der Waals surface area contributed by atoms with Gasteiger partial charge < -0.3 is 4.74 Å². The molecule has 2 aromatic carbocycles. The average Bonchev–Trinajstić information content (AvgIpc) is 2.60. The van der Waals surface area contributed by atoms with Gasteiger partial charge in [0.1, 0.15) is 11.9 Å². The highest BCUT2D eigenvalue weighted by Gasteiger charge is 2.46. The van der Waals surface area contributed by atoms with E-state index in [1.165, 1.54) is 12.1 Å². The average molecular weight is 393 g/mol. The lowest BCUT2D eigenvalue weighted by atomic mass is 9.71. The zero-order chi connectivity index (χ0) is 18.9. The van der Waals surface area contributed by atoms with E-state index in [9.17, 15) is 9.18 Å². The van der Waals surface area contributed by atoms with Gasteiger partial charge in [-0.2, -0.15) is 0 Å². The molecular formula is C21H19Cl2FO2. The summed E-state index contributed by atoms with van der Waals surface area (Å²) in [6.45, 7) is 5.62. The van der Waals surface area contributed by atoms with Crippen molar-refractivity contribution in [2.45, 2.75) is 31.8 Å². The molecule has 1 aliphatic heterocycles. The van der Waals surface area contributed by atoms with Gasteiger partial charge in [-0.05, 0) is 55.2 Å². The van der Waals surface area contributed by atoms with E-state index in [4.69, 9.17) is 27.9 Å². The molecule has 5 heteroatoms. The number of hydrogen-bond acceptors (Lipinski definition) is 2. The molecule has 3 rings (SSSR count). The first-order chi connectivity index (χ1) is 12.3. The first kappa shape index (κ1) is 18.9. The van der Waals surface area contributed by atoms with Crippen LogP contribution in [0.25, 0.3) is 0 Å². The largest absolute Gasteiger partial charge is 0.456 e. The summed E-state index contributed by atoms with van der Waals surface area (Å²) in [5, 5.41) is 0.637. The molecule has 0 radical (unpaired) electrons. The van der Waals surface area contributed by atoms with Crippen LogP contribution in [0.3, 0.4) is 0 Å². The van der Waals surface area contributed by atoms with E-state index in [-0.39, 0.29) is 16.9 Å². The van der Waals surface area contributed by atoms with Crippen molar-refractivity contribution in [3.63, 3.8) is 0 Å². The van der Waals surface area contributed by atoms with Crippen LogP contribution in [-0.4, -0.2) is 5.97 Å². The Kier molecular flexibility index (Phi) is 5.40. The molecule has 2 aromatic rings. The third kappa shape index (κ3) is 3.65. The van der Waals surface area contributed by atoms with E-state index >= 15 is 0 Å². The summed E-state index contributed by atoms with van der Waals surface area (Å²) >= 11 is 12.0. The van der Waals surface area contributed by atoms with Crippen molar-refractivity contribution in [3.8, 4) is 0 Å². The number of benzene rings is 2. The third-order valence-electron chi connectivity index (χ3n) is 4.91.